The van der Waals surface area contributed by atoms with Gasteiger partial charge in [0.25, 0.3) is 0 Å². The highest BCUT2D eigenvalue weighted by molar-refractivity contribution is 5.42. The van der Waals surface area contributed by atoms with E-state index in [1.54, 1.807) is 0 Å². The quantitative estimate of drug-likeness (QED) is 0.860. The van der Waals surface area contributed by atoms with E-state index in [9.17, 15) is 0 Å². The van der Waals surface area contributed by atoms with Gasteiger partial charge in [0.1, 0.15) is 5.82 Å². The lowest BCUT2D eigenvalue weighted by atomic mass is 10.1. The summed E-state index contributed by atoms with van der Waals surface area (Å²) >= 11 is 0. The third kappa shape index (κ3) is 2.76. The Hall–Kier alpha value is -1.13. The third-order valence-electron chi connectivity index (χ3n) is 3.52. The number of likely N-dealkylation sites (N-methyl/N-ethyl adjacent to an activating group) is 1. The minimum atomic E-state index is 0.352. The van der Waals surface area contributed by atoms with Crippen molar-refractivity contribution in [2.45, 2.75) is 25.4 Å². The lowest BCUT2D eigenvalue weighted by molar-refractivity contribution is 0.193. The molecule has 4 nitrogen and oxygen atoms in total. The van der Waals surface area contributed by atoms with Crippen LogP contribution in [0.1, 0.15) is 24.9 Å². The second-order valence-corrected chi connectivity index (χ2v) is 4.59. The molecule has 1 aromatic rings. The number of hydrogen-bond donors (Lipinski definition) is 1. The summed E-state index contributed by atoms with van der Waals surface area (Å²) in [5.74, 6) is 1.03. The van der Waals surface area contributed by atoms with Gasteiger partial charge in [0.05, 0.1) is 12.6 Å². The first-order valence-corrected chi connectivity index (χ1v) is 6.16. The Morgan fingerprint density at radius 2 is 2.41 bits per heavy atom. The molecule has 2 rings (SSSR count). The van der Waals surface area contributed by atoms with Crippen LogP contribution in [0.5, 0.6) is 0 Å². The van der Waals surface area contributed by atoms with Gasteiger partial charge in [0.2, 0.25) is 0 Å². The molecule has 0 spiro atoms. The van der Waals surface area contributed by atoms with Crippen LogP contribution in [0.2, 0.25) is 0 Å². The molecule has 17 heavy (non-hydrogen) atoms. The first kappa shape index (κ1) is 12.3. The molecule has 1 saturated heterocycles. The average Bonchev–Trinajstić information content (AvgIpc) is 2.91. The fourth-order valence-electron chi connectivity index (χ4n) is 2.08. The summed E-state index contributed by atoms with van der Waals surface area (Å²) in [5.41, 5.74) is 1.27. The average molecular weight is 235 g/mol. The van der Waals surface area contributed by atoms with E-state index in [4.69, 9.17) is 4.74 Å². The van der Waals surface area contributed by atoms with Crippen molar-refractivity contribution in [3.63, 3.8) is 0 Å². The standard InChI is InChI=1S/C13H21N3O/c1-10(14-2)11-4-6-15-13(8-11)16(3)12-5-7-17-9-12/h4,6,8,10,12,14H,5,7,9H2,1-3H3. The van der Waals surface area contributed by atoms with Gasteiger partial charge < -0.3 is 15.0 Å². The van der Waals surface area contributed by atoms with Crippen LogP contribution in [0.3, 0.4) is 0 Å². The van der Waals surface area contributed by atoms with Crippen LogP contribution < -0.4 is 10.2 Å². The predicted octanol–water partition coefficient (Wildman–Crippen LogP) is 1.59. The van der Waals surface area contributed by atoms with E-state index in [0.717, 1.165) is 25.5 Å². The van der Waals surface area contributed by atoms with Crippen molar-refractivity contribution in [2.24, 2.45) is 0 Å². The molecule has 1 aromatic heterocycles. The van der Waals surface area contributed by atoms with Crippen LogP contribution in [0.15, 0.2) is 18.3 Å². The Bertz CT molecular complexity index is 363. The second kappa shape index (κ2) is 5.47. The van der Waals surface area contributed by atoms with Crippen LogP contribution in [-0.2, 0) is 4.74 Å². The Morgan fingerprint density at radius 3 is 3.06 bits per heavy atom. The fourth-order valence-corrected chi connectivity index (χ4v) is 2.08. The molecule has 1 N–H and O–H groups in total. The van der Waals surface area contributed by atoms with E-state index in [0.29, 0.717) is 12.1 Å². The zero-order valence-electron chi connectivity index (χ0n) is 10.8. The van der Waals surface area contributed by atoms with Crippen LogP contribution >= 0.6 is 0 Å². The number of anilines is 1. The van der Waals surface area contributed by atoms with Gasteiger partial charge in [-0.2, -0.15) is 0 Å². The molecule has 1 aliphatic heterocycles. The summed E-state index contributed by atoms with van der Waals surface area (Å²) in [4.78, 5) is 6.66. The van der Waals surface area contributed by atoms with Crippen molar-refractivity contribution in [3.05, 3.63) is 23.9 Å². The molecule has 2 atom stereocenters. The molecule has 0 aromatic carbocycles. The Morgan fingerprint density at radius 1 is 1.59 bits per heavy atom. The third-order valence-corrected chi connectivity index (χ3v) is 3.52. The highest BCUT2D eigenvalue weighted by Gasteiger charge is 2.21. The molecule has 0 aliphatic carbocycles. The van der Waals surface area contributed by atoms with Gasteiger partial charge in [-0.05, 0) is 38.1 Å². The molecule has 2 unspecified atom stereocenters. The van der Waals surface area contributed by atoms with Gasteiger partial charge in [-0.15, -0.1) is 0 Å². The second-order valence-electron chi connectivity index (χ2n) is 4.59. The van der Waals surface area contributed by atoms with E-state index in [1.165, 1.54) is 5.56 Å². The highest BCUT2D eigenvalue weighted by Crippen LogP contribution is 2.21. The smallest absolute Gasteiger partial charge is 0.128 e. The molecule has 94 valence electrons. The van der Waals surface area contributed by atoms with Crippen LogP contribution in [0.4, 0.5) is 5.82 Å². The number of nitrogens with one attached hydrogen (secondary N) is 1. The largest absolute Gasteiger partial charge is 0.379 e. The van der Waals surface area contributed by atoms with Gasteiger partial charge in [-0.3, -0.25) is 0 Å². The number of rotatable bonds is 4. The molecule has 0 saturated carbocycles. The minimum absolute atomic E-state index is 0.352. The molecule has 2 heterocycles. The lowest BCUT2D eigenvalue weighted by Gasteiger charge is -2.25. The molecule has 0 bridgehead atoms. The van der Waals surface area contributed by atoms with Crippen molar-refractivity contribution >= 4 is 5.82 Å². The van der Waals surface area contributed by atoms with Gasteiger partial charge in [-0.1, -0.05) is 0 Å². The first-order chi connectivity index (χ1) is 8.22. The maximum Gasteiger partial charge on any atom is 0.128 e. The lowest BCUT2D eigenvalue weighted by Crippen LogP contribution is -2.32. The van der Waals surface area contributed by atoms with E-state index >= 15 is 0 Å². The summed E-state index contributed by atoms with van der Waals surface area (Å²) in [5, 5.41) is 3.25. The number of nitrogens with zero attached hydrogens (tertiary/aromatic N) is 2. The molecule has 0 amide bonds. The molecule has 4 heteroatoms. The zero-order chi connectivity index (χ0) is 12.3. The van der Waals surface area contributed by atoms with Gasteiger partial charge in [0, 0.05) is 25.9 Å². The Balaban J connectivity index is 2.14. The Labute approximate surface area is 103 Å². The predicted molar refractivity (Wildman–Crippen MR) is 69.3 cm³/mol. The zero-order valence-corrected chi connectivity index (χ0v) is 10.8. The minimum Gasteiger partial charge on any atom is -0.379 e. The topological polar surface area (TPSA) is 37.4 Å². The van der Waals surface area contributed by atoms with Crippen molar-refractivity contribution in [3.8, 4) is 0 Å². The highest BCUT2D eigenvalue weighted by atomic mass is 16.5. The summed E-state index contributed by atoms with van der Waals surface area (Å²) in [7, 11) is 4.06. The number of aromatic nitrogens is 1. The van der Waals surface area contributed by atoms with Crippen LogP contribution in [0.25, 0.3) is 0 Å². The molecular formula is C13H21N3O. The monoisotopic (exact) mass is 235 g/mol. The van der Waals surface area contributed by atoms with Gasteiger partial charge >= 0.3 is 0 Å². The van der Waals surface area contributed by atoms with E-state index in [2.05, 4.69) is 41.3 Å². The number of pyridine rings is 1. The van der Waals surface area contributed by atoms with Crippen molar-refractivity contribution in [1.29, 1.82) is 0 Å². The normalized spacial score (nSPS) is 21.5. The maximum atomic E-state index is 5.42. The fraction of sp³-hybridized carbons (Fsp3) is 0.615. The molecule has 0 radical (unpaired) electrons. The summed E-state index contributed by atoms with van der Waals surface area (Å²) in [6.07, 6.45) is 2.97. The van der Waals surface area contributed by atoms with E-state index in [-0.39, 0.29) is 0 Å². The van der Waals surface area contributed by atoms with E-state index in [1.807, 2.05) is 13.2 Å². The number of hydrogen-bond acceptors (Lipinski definition) is 4. The van der Waals surface area contributed by atoms with Crippen molar-refractivity contribution < 1.29 is 4.74 Å². The van der Waals surface area contributed by atoms with Gasteiger partial charge in [0.15, 0.2) is 0 Å². The van der Waals surface area contributed by atoms with Crippen LogP contribution in [0, 0.1) is 0 Å². The molecular weight excluding hydrogens is 214 g/mol. The SMILES string of the molecule is CNC(C)c1ccnc(N(C)C2CCOC2)c1. The van der Waals surface area contributed by atoms with Crippen molar-refractivity contribution in [2.75, 3.05) is 32.2 Å². The van der Waals surface area contributed by atoms with Crippen LogP contribution in [-0.4, -0.2) is 38.3 Å². The maximum absolute atomic E-state index is 5.42. The Kier molecular flexibility index (Phi) is 3.97. The van der Waals surface area contributed by atoms with E-state index < -0.39 is 0 Å². The summed E-state index contributed by atoms with van der Waals surface area (Å²) in [6.45, 7) is 3.82. The molecule has 1 fully saturated rings. The van der Waals surface area contributed by atoms with Gasteiger partial charge in [-0.25, -0.2) is 4.98 Å². The first-order valence-electron chi connectivity index (χ1n) is 6.16. The summed E-state index contributed by atoms with van der Waals surface area (Å²) in [6, 6.07) is 5.02. The number of ether oxygens (including phenoxy) is 1. The summed E-state index contributed by atoms with van der Waals surface area (Å²) < 4.78 is 5.42. The molecule has 1 aliphatic rings. The van der Waals surface area contributed by atoms with Crippen molar-refractivity contribution in [1.82, 2.24) is 10.3 Å².